The highest BCUT2D eigenvalue weighted by molar-refractivity contribution is 7.89. The van der Waals surface area contributed by atoms with E-state index in [9.17, 15) is 18.0 Å². The third kappa shape index (κ3) is 7.11. The van der Waals surface area contributed by atoms with Crippen molar-refractivity contribution in [1.82, 2.24) is 4.31 Å². The summed E-state index contributed by atoms with van der Waals surface area (Å²) in [5.41, 5.74) is -0.0793. The molecule has 0 aliphatic carbocycles. The minimum absolute atomic E-state index is 0.0190. The molecule has 2 N–H and O–H groups in total. The Morgan fingerprint density at radius 2 is 1.69 bits per heavy atom. The maximum atomic E-state index is 12.6. The second kappa shape index (κ2) is 10.2. The molecule has 32 heavy (non-hydrogen) atoms. The van der Waals surface area contributed by atoms with Crippen molar-refractivity contribution >= 4 is 45.0 Å². The van der Waals surface area contributed by atoms with Crippen molar-refractivity contribution in [3.8, 4) is 5.75 Å². The summed E-state index contributed by atoms with van der Waals surface area (Å²) in [7, 11) is -1.14. The number of benzene rings is 2. The first-order valence-electron chi connectivity index (χ1n) is 9.51. The Morgan fingerprint density at radius 1 is 1.06 bits per heavy atom. The van der Waals surface area contributed by atoms with Crippen LogP contribution >= 0.6 is 11.6 Å². The molecule has 0 saturated heterocycles. The standard InChI is InChI=1S/C21H26ClN3O6S/c1-21(2,3)31-20(27)24-17-12-15(8-11-18(17)30-5)23-19(26)13-25(4)32(28,29)16-9-6-14(22)7-10-16/h6-12H,13H2,1-5H3,(H,23,26)(H,24,27). The van der Waals surface area contributed by atoms with Gasteiger partial charge in [0.2, 0.25) is 15.9 Å². The molecule has 9 nitrogen and oxygen atoms in total. The molecule has 0 radical (unpaired) electrons. The molecular formula is C21H26ClN3O6S. The number of ether oxygens (including phenoxy) is 2. The SMILES string of the molecule is COc1ccc(NC(=O)CN(C)S(=O)(=O)c2ccc(Cl)cc2)cc1NC(=O)OC(C)(C)C. The summed E-state index contributed by atoms with van der Waals surface area (Å²) in [5, 5.41) is 5.58. The van der Waals surface area contributed by atoms with Crippen molar-refractivity contribution in [2.75, 3.05) is 31.3 Å². The number of nitrogens with one attached hydrogen (secondary N) is 2. The van der Waals surface area contributed by atoms with Gasteiger partial charge in [-0.2, -0.15) is 4.31 Å². The number of hydrogen-bond donors (Lipinski definition) is 2. The molecule has 0 heterocycles. The van der Waals surface area contributed by atoms with E-state index in [1.807, 2.05) is 0 Å². The molecule has 0 aliphatic rings. The van der Waals surface area contributed by atoms with E-state index in [0.717, 1.165) is 4.31 Å². The molecule has 174 valence electrons. The first-order chi connectivity index (χ1) is 14.8. The second-order valence-electron chi connectivity index (χ2n) is 7.81. The van der Waals surface area contributed by atoms with E-state index in [2.05, 4.69) is 10.6 Å². The molecule has 0 fully saturated rings. The van der Waals surface area contributed by atoms with Crippen LogP contribution < -0.4 is 15.4 Å². The number of hydrogen-bond acceptors (Lipinski definition) is 6. The lowest BCUT2D eigenvalue weighted by Gasteiger charge is -2.20. The van der Waals surface area contributed by atoms with Gasteiger partial charge in [0.05, 0.1) is 24.2 Å². The molecule has 0 bridgehead atoms. The van der Waals surface area contributed by atoms with Gasteiger partial charge in [-0.3, -0.25) is 10.1 Å². The molecule has 0 saturated carbocycles. The summed E-state index contributed by atoms with van der Waals surface area (Å²) in [6.45, 7) is 4.77. The van der Waals surface area contributed by atoms with E-state index in [1.165, 1.54) is 44.5 Å². The van der Waals surface area contributed by atoms with Gasteiger partial charge in [-0.25, -0.2) is 13.2 Å². The quantitative estimate of drug-likeness (QED) is 0.616. The van der Waals surface area contributed by atoms with Crippen molar-refractivity contribution in [1.29, 1.82) is 0 Å². The Kier molecular flexibility index (Phi) is 8.11. The van der Waals surface area contributed by atoms with E-state index in [4.69, 9.17) is 21.1 Å². The number of halogens is 1. The van der Waals surface area contributed by atoms with Crippen LogP contribution in [0.2, 0.25) is 5.02 Å². The fourth-order valence-electron chi connectivity index (χ4n) is 2.57. The van der Waals surface area contributed by atoms with Crippen LogP contribution in [0.4, 0.5) is 16.2 Å². The van der Waals surface area contributed by atoms with Gasteiger partial charge in [-0.05, 0) is 63.2 Å². The maximum Gasteiger partial charge on any atom is 0.412 e. The third-order valence-electron chi connectivity index (χ3n) is 4.01. The van der Waals surface area contributed by atoms with E-state index >= 15 is 0 Å². The first-order valence-corrected chi connectivity index (χ1v) is 11.3. The van der Waals surface area contributed by atoms with Gasteiger partial charge in [0, 0.05) is 17.8 Å². The number of amides is 2. The molecule has 2 amide bonds. The van der Waals surface area contributed by atoms with Gasteiger partial charge >= 0.3 is 6.09 Å². The van der Waals surface area contributed by atoms with E-state index in [-0.39, 0.29) is 10.6 Å². The Balaban J connectivity index is 2.10. The van der Waals surface area contributed by atoms with E-state index in [0.29, 0.717) is 16.5 Å². The minimum atomic E-state index is -3.87. The zero-order valence-electron chi connectivity index (χ0n) is 18.4. The van der Waals surface area contributed by atoms with Gasteiger partial charge in [0.1, 0.15) is 11.4 Å². The number of methoxy groups -OCH3 is 1. The second-order valence-corrected chi connectivity index (χ2v) is 10.3. The maximum absolute atomic E-state index is 12.6. The summed E-state index contributed by atoms with van der Waals surface area (Å²) in [4.78, 5) is 24.6. The summed E-state index contributed by atoms with van der Waals surface area (Å²) >= 11 is 5.80. The van der Waals surface area contributed by atoms with Gasteiger partial charge in [-0.15, -0.1) is 0 Å². The summed E-state index contributed by atoms with van der Waals surface area (Å²) in [6.07, 6.45) is -0.687. The van der Waals surface area contributed by atoms with Crippen LogP contribution in [0.25, 0.3) is 0 Å². The van der Waals surface area contributed by atoms with E-state index < -0.39 is 34.2 Å². The Hall–Kier alpha value is -2.82. The van der Waals surface area contributed by atoms with Crippen LogP contribution in [0.1, 0.15) is 20.8 Å². The molecule has 0 atom stereocenters. The summed E-state index contributed by atoms with van der Waals surface area (Å²) in [6, 6.07) is 10.2. The van der Waals surface area contributed by atoms with Crippen LogP contribution in [-0.4, -0.2) is 51.0 Å². The molecule has 2 aromatic rings. The number of likely N-dealkylation sites (N-methyl/N-ethyl adjacent to an activating group) is 1. The highest BCUT2D eigenvalue weighted by atomic mass is 35.5. The molecule has 0 spiro atoms. The molecule has 0 aromatic heterocycles. The van der Waals surface area contributed by atoms with Crippen LogP contribution in [0.15, 0.2) is 47.4 Å². The molecule has 2 aromatic carbocycles. The van der Waals surface area contributed by atoms with Crippen LogP contribution in [-0.2, 0) is 19.6 Å². The van der Waals surface area contributed by atoms with Crippen molar-refractivity contribution < 1.29 is 27.5 Å². The van der Waals surface area contributed by atoms with Crippen molar-refractivity contribution in [2.24, 2.45) is 0 Å². The number of carbonyl (C=O) groups excluding carboxylic acids is 2. The lowest BCUT2D eigenvalue weighted by Crippen LogP contribution is -2.35. The van der Waals surface area contributed by atoms with Crippen LogP contribution in [0.3, 0.4) is 0 Å². The highest BCUT2D eigenvalue weighted by Crippen LogP contribution is 2.28. The first kappa shape index (κ1) is 25.4. The molecule has 0 aliphatic heterocycles. The van der Waals surface area contributed by atoms with Crippen molar-refractivity contribution in [2.45, 2.75) is 31.3 Å². The van der Waals surface area contributed by atoms with Gasteiger partial charge < -0.3 is 14.8 Å². The normalized spacial score (nSPS) is 11.7. The molecule has 2 rings (SSSR count). The van der Waals surface area contributed by atoms with Gasteiger partial charge in [0.25, 0.3) is 0 Å². The smallest absolute Gasteiger partial charge is 0.412 e. The number of anilines is 2. The lowest BCUT2D eigenvalue weighted by molar-refractivity contribution is -0.116. The van der Waals surface area contributed by atoms with Crippen LogP contribution in [0, 0.1) is 0 Å². The Morgan fingerprint density at radius 3 is 2.25 bits per heavy atom. The predicted molar refractivity (Wildman–Crippen MR) is 123 cm³/mol. The largest absolute Gasteiger partial charge is 0.495 e. The molecule has 0 unspecified atom stereocenters. The minimum Gasteiger partial charge on any atom is -0.495 e. The average molecular weight is 484 g/mol. The van der Waals surface area contributed by atoms with Crippen molar-refractivity contribution in [3.63, 3.8) is 0 Å². The zero-order chi connectivity index (χ0) is 24.1. The Bertz CT molecular complexity index is 1080. The average Bonchev–Trinajstić information content (AvgIpc) is 2.67. The topological polar surface area (TPSA) is 114 Å². The monoisotopic (exact) mass is 483 g/mol. The number of sulfonamides is 1. The highest BCUT2D eigenvalue weighted by Gasteiger charge is 2.23. The third-order valence-corrected chi connectivity index (χ3v) is 6.08. The number of carbonyl (C=O) groups is 2. The molecule has 11 heteroatoms. The Labute approximate surface area is 192 Å². The van der Waals surface area contributed by atoms with Gasteiger partial charge in [-0.1, -0.05) is 11.6 Å². The zero-order valence-corrected chi connectivity index (χ0v) is 20.0. The summed E-state index contributed by atoms with van der Waals surface area (Å²) in [5.74, 6) is -0.213. The lowest BCUT2D eigenvalue weighted by atomic mass is 10.2. The van der Waals surface area contributed by atoms with Crippen LogP contribution in [0.5, 0.6) is 5.75 Å². The number of nitrogens with zero attached hydrogens (tertiary/aromatic N) is 1. The molecular weight excluding hydrogens is 458 g/mol. The number of rotatable bonds is 7. The predicted octanol–water partition coefficient (Wildman–Crippen LogP) is 3.95. The van der Waals surface area contributed by atoms with E-state index in [1.54, 1.807) is 32.9 Å². The summed E-state index contributed by atoms with van der Waals surface area (Å²) < 4.78 is 36.6. The van der Waals surface area contributed by atoms with Gasteiger partial charge in [0.15, 0.2) is 0 Å². The van der Waals surface area contributed by atoms with Crippen molar-refractivity contribution in [3.05, 3.63) is 47.5 Å². The fraction of sp³-hybridized carbons (Fsp3) is 0.333. The fourth-order valence-corrected chi connectivity index (χ4v) is 3.82.